The van der Waals surface area contributed by atoms with Gasteiger partial charge in [-0.1, -0.05) is 37.1 Å². The van der Waals surface area contributed by atoms with Gasteiger partial charge in [0, 0.05) is 11.9 Å². The van der Waals surface area contributed by atoms with Crippen LogP contribution in [0.4, 0.5) is 0 Å². The van der Waals surface area contributed by atoms with Crippen LogP contribution in [0, 0.1) is 0 Å². The highest BCUT2D eigenvalue weighted by atomic mass is 14.7. The minimum atomic E-state index is 1.16. The fourth-order valence-electron chi connectivity index (χ4n) is 2.62. The standard InChI is InChI=1S/C17H25N/c1-2-5-9-13-16(12-8-4-1)17-14-10-6-3-7-11-15-18-17/h4,8,11-12,15H,1-3,5-7,9-10,13-14H2/b8-4+,15-11?,16-12?,18-17?. The number of rotatable bonds is 1. The quantitative estimate of drug-likeness (QED) is 0.588. The van der Waals surface area contributed by atoms with Crippen molar-refractivity contribution in [3.8, 4) is 0 Å². The molecule has 18 heavy (non-hydrogen) atoms. The minimum Gasteiger partial charge on any atom is -0.261 e. The van der Waals surface area contributed by atoms with Crippen molar-refractivity contribution >= 4 is 5.71 Å². The van der Waals surface area contributed by atoms with Gasteiger partial charge in [0.05, 0.1) is 0 Å². The smallest absolute Gasteiger partial charge is 0.0435 e. The molecule has 0 fully saturated rings. The molecule has 0 atom stereocenters. The zero-order chi connectivity index (χ0) is 12.5. The molecule has 0 aromatic rings. The van der Waals surface area contributed by atoms with Crippen LogP contribution in [-0.4, -0.2) is 5.71 Å². The maximum absolute atomic E-state index is 4.70. The summed E-state index contributed by atoms with van der Waals surface area (Å²) in [5.41, 5.74) is 2.81. The number of hydrogen-bond donors (Lipinski definition) is 0. The third-order valence-electron chi connectivity index (χ3n) is 3.74. The fraction of sp³-hybridized carbons (Fsp3) is 0.588. The van der Waals surface area contributed by atoms with Crippen LogP contribution in [0.5, 0.6) is 0 Å². The Morgan fingerprint density at radius 3 is 2.44 bits per heavy atom. The summed E-state index contributed by atoms with van der Waals surface area (Å²) in [4.78, 5) is 4.70. The molecule has 1 heteroatoms. The van der Waals surface area contributed by atoms with Gasteiger partial charge in [-0.2, -0.15) is 0 Å². The van der Waals surface area contributed by atoms with Gasteiger partial charge in [-0.25, -0.2) is 0 Å². The molecule has 0 N–H and O–H groups in total. The summed E-state index contributed by atoms with van der Waals surface area (Å²) in [6, 6.07) is 0. The van der Waals surface area contributed by atoms with Crippen LogP contribution in [0.2, 0.25) is 0 Å². The Bertz CT molecular complexity index is 322. The third-order valence-corrected chi connectivity index (χ3v) is 3.74. The highest BCUT2D eigenvalue weighted by Crippen LogP contribution is 2.19. The van der Waals surface area contributed by atoms with Crippen LogP contribution in [0.15, 0.2) is 41.1 Å². The van der Waals surface area contributed by atoms with Gasteiger partial charge in [-0.05, 0) is 56.9 Å². The first-order valence-electron chi connectivity index (χ1n) is 7.54. The number of hydrogen-bond acceptors (Lipinski definition) is 1. The molecule has 1 aliphatic heterocycles. The number of nitrogens with zero attached hydrogens (tertiary/aromatic N) is 1. The van der Waals surface area contributed by atoms with Crippen molar-refractivity contribution in [3.63, 3.8) is 0 Å². The third kappa shape index (κ3) is 4.64. The fourth-order valence-corrected chi connectivity index (χ4v) is 2.62. The Kier molecular flexibility index (Phi) is 5.98. The van der Waals surface area contributed by atoms with Crippen LogP contribution in [0.25, 0.3) is 0 Å². The van der Waals surface area contributed by atoms with E-state index in [1.165, 1.54) is 69.1 Å². The molecule has 0 radical (unpaired) electrons. The van der Waals surface area contributed by atoms with Crippen molar-refractivity contribution in [1.29, 1.82) is 0 Å². The van der Waals surface area contributed by atoms with Crippen molar-refractivity contribution in [1.82, 2.24) is 0 Å². The van der Waals surface area contributed by atoms with Gasteiger partial charge in [0.1, 0.15) is 0 Å². The molecule has 1 nitrogen and oxygen atoms in total. The molecule has 0 unspecified atom stereocenters. The minimum absolute atomic E-state index is 1.16. The first-order chi connectivity index (χ1) is 8.97. The first kappa shape index (κ1) is 13.3. The Morgan fingerprint density at radius 1 is 0.778 bits per heavy atom. The lowest BCUT2D eigenvalue weighted by molar-refractivity contribution is 0.688. The molecule has 1 aliphatic carbocycles. The molecule has 1 heterocycles. The Labute approximate surface area is 111 Å². The van der Waals surface area contributed by atoms with Crippen LogP contribution in [0.3, 0.4) is 0 Å². The summed E-state index contributed by atoms with van der Waals surface area (Å²) in [5.74, 6) is 0. The molecule has 0 bridgehead atoms. The molecular weight excluding hydrogens is 218 g/mol. The molecule has 0 amide bonds. The second kappa shape index (κ2) is 8.07. The summed E-state index contributed by atoms with van der Waals surface area (Å²) in [6.07, 6.45) is 23.8. The van der Waals surface area contributed by atoms with Gasteiger partial charge in [0.15, 0.2) is 0 Å². The van der Waals surface area contributed by atoms with Crippen LogP contribution < -0.4 is 0 Å². The average Bonchev–Trinajstić information content (AvgIpc) is 2.61. The summed E-state index contributed by atoms with van der Waals surface area (Å²) in [7, 11) is 0. The van der Waals surface area contributed by atoms with E-state index < -0.39 is 0 Å². The molecule has 0 aromatic carbocycles. The van der Waals surface area contributed by atoms with Gasteiger partial charge in [-0.15, -0.1) is 0 Å². The second-order valence-electron chi connectivity index (χ2n) is 5.28. The van der Waals surface area contributed by atoms with Crippen molar-refractivity contribution < 1.29 is 0 Å². The average molecular weight is 243 g/mol. The van der Waals surface area contributed by atoms with Gasteiger partial charge in [0.2, 0.25) is 0 Å². The van der Waals surface area contributed by atoms with Crippen LogP contribution in [-0.2, 0) is 0 Å². The van der Waals surface area contributed by atoms with Gasteiger partial charge < -0.3 is 0 Å². The van der Waals surface area contributed by atoms with E-state index in [1.54, 1.807) is 0 Å². The van der Waals surface area contributed by atoms with Crippen LogP contribution in [0.1, 0.15) is 64.2 Å². The van der Waals surface area contributed by atoms with Crippen LogP contribution >= 0.6 is 0 Å². The monoisotopic (exact) mass is 243 g/mol. The Balaban J connectivity index is 2.09. The number of aliphatic imine (C=N–C) groups is 1. The van der Waals surface area contributed by atoms with E-state index in [0.717, 1.165) is 6.42 Å². The highest BCUT2D eigenvalue weighted by Gasteiger charge is 2.07. The summed E-state index contributed by atoms with van der Waals surface area (Å²) in [5, 5.41) is 0. The molecule has 0 saturated carbocycles. The molecule has 2 aliphatic rings. The SMILES string of the molecule is C1=CN=C(C2=C/C=C/CCCCC2)CCCCC1. The van der Waals surface area contributed by atoms with Crippen molar-refractivity contribution in [3.05, 3.63) is 36.1 Å². The van der Waals surface area contributed by atoms with E-state index in [9.17, 15) is 0 Å². The molecule has 0 saturated heterocycles. The lowest BCUT2D eigenvalue weighted by Crippen LogP contribution is -2.03. The van der Waals surface area contributed by atoms with E-state index >= 15 is 0 Å². The summed E-state index contributed by atoms with van der Waals surface area (Å²) in [6.45, 7) is 0. The summed E-state index contributed by atoms with van der Waals surface area (Å²) >= 11 is 0. The molecular formula is C17H25N. The molecule has 2 rings (SSSR count). The van der Waals surface area contributed by atoms with E-state index in [-0.39, 0.29) is 0 Å². The van der Waals surface area contributed by atoms with Crippen molar-refractivity contribution in [2.24, 2.45) is 4.99 Å². The van der Waals surface area contributed by atoms with Crippen molar-refractivity contribution in [2.75, 3.05) is 0 Å². The normalized spacial score (nSPS) is 24.4. The lowest BCUT2D eigenvalue weighted by Gasteiger charge is -2.09. The second-order valence-corrected chi connectivity index (χ2v) is 5.28. The topological polar surface area (TPSA) is 12.4 Å². The van der Waals surface area contributed by atoms with Gasteiger partial charge in [0.25, 0.3) is 0 Å². The van der Waals surface area contributed by atoms with E-state index in [0.29, 0.717) is 0 Å². The highest BCUT2D eigenvalue weighted by molar-refractivity contribution is 6.00. The first-order valence-corrected chi connectivity index (χ1v) is 7.54. The largest absolute Gasteiger partial charge is 0.261 e. The lowest BCUT2D eigenvalue weighted by atomic mass is 9.98. The maximum atomic E-state index is 4.70. The predicted molar refractivity (Wildman–Crippen MR) is 80.0 cm³/mol. The number of allylic oxidation sites excluding steroid dienone is 5. The van der Waals surface area contributed by atoms with E-state index in [2.05, 4.69) is 24.3 Å². The molecule has 98 valence electrons. The summed E-state index contributed by atoms with van der Waals surface area (Å²) < 4.78 is 0. The Hall–Kier alpha value is -1.11. The molecule has 0 aromatic heterocycles. The van der Waals surface area contributed by atoms with Gasteiger partial charge in [-0.3, -0.25) is 4.99 Å². The Morgan fingerprint density at radius 2 is 1.56 bits per heavy atom. The molecule has 0 spiro atoms. The van der Waals surface area contributed by atoms with Gasteiger partial charge >= 0.3 is 0 Å². The van der Waals surface area contributed by atoms with E-state index in [1.807, 2.05) is 6.20 Å². The van der Waals surface area contributed by atoms with Crippen molar-refractivity contribution in [2.45, 2.75) is 64.2 Å². The zero-order valence-corrected chi connectivity index (χ0v) is 11.4. The maximum Gasteiger partial charge on any atom is 0.0435 e. The predicted octanol–water partition coefficient (Wildman–Crippen LogP) is 5.35. The van der Waals surface area contributed by atoms with E-state index in [4.69, 9.17) is 4.99 Å². The zero-order valence-electron chi connectivity index (χ0n) is 11.4.